The molecule has 226 valence electrons. The number of carbonyl (C=O) groups is 1. The lowest BCUT2D eigenvalue weighted by Crippen LogP contribution is -2.38. The summed E-state index contributed by atoms with van der Waals surface area (Å²) in [5.41, 5.74) is 5.55. The number of ether oxygens (including phenoxy) is 2. The Bertz CT molecular complexity index is 1550. The van der Waals surface area contributed by atoms with Crippen molar-refractivity contribution in [2.24, 2.45) is 5.92 Å². The van der Waals surface area contributed by atoms with Crippen molar-refractivity contribution in [3.63, 3.8) is 0 Å². The van der Waals surface area contributed by atoms with Gasteiger partial charge in [-0.2, -0.15) is 0 Å². The SMILES string of the molecule is Cc1nnc(SCC2OC(c3cccc(-c4cccc(CNC(=O)C(Cl)(Cl)Cl)c4)c3)OC(c3ccc(CO)cc3)C2C)s1. The number of nitrogens with zero attached hydrogens (tertiary/aromatic N) is 2. The van der Waals surface area contributed by atoms with Gasteiger partial charge in [0.2, 0.25) is 0 Å². The van der Waals surface area contributed by atoms with E-state index in [-0.39, 0.29) is 31.3 Å². The topological polar surface area (TPSA) is 93.6 Å². The number of hydrogen-bond donors (Lipinski definition) is 2. The van der Waals surface area contributed by atoms with Gasteiger partial charge in [-0.05, 0) is 46.9 Å². The number of amides is 1. The third kappa shape index (κ3) is 8.29. The van der Waals surface area contributed by atoms with Crippen molar-refractivity contribution in [1.82, 2.24) is 15.5 Å². The molecule has 43 heavy (non-hydrogen) atoms. The molecule has 2 N–H and O–H groups in total. The molecule has 1 aliphatic rings. The van der Waals surface area contributed by atoms with E-state index in [1.807, 2.05) is 73.7 Å². The molecule has 0 bridgehead atoms. The largest absolute Gasteiger partial charge is 0.392 e. The average Bonchev–Trinajstić information content (AvgIpc) is 3.44. The highest BCUT2D eigenvalue weighted by Gasteiger charge is 2.38. The van der Waals surface area contributed by atoms with Crippen LogP contribution in [0.1, 0.15) is 46.6 Å². The van der Waals surface area contributed by atoms with E-state index in [1.54, 1.807) is 23.1 Å². The van der Waals surface area contributed by atoms with E-state index >= 15 is 0 Å². The molecule has 1 saturated heterocycles. The highest BCUT2D eigenvalue weighted by molar-refractivity contribution is 8.01. The lowest BCUT2D eigenvalue weighted by Gasteiger charge is -2.41. The van der Waals surface area contributed by atoms with Crippen molar-refractivity contribution < 1.29 is 19.4 Å². The number of nitrogens with one attached hydrogen (secondary N) is 1. The third-order valence-electron chi connectivity index (χ3n) is 7.13. The Morgan fingerprint density at radius 3 is 2.37 bits per heavy atom. The molecule has 7 nitrogen and oxygen atoms in total. The average molecular weight is 679 g/mol. The van der Waals surface area contributed by atoms with Crippen molar-refractivity contribution in [2.75, 3.05) is 5.75 Å². The first kappa shape index (κ1) is 32.2. The molecule has 0 saturated carbocycles. The monoisotopic (exact) mass is 677 g/mol. The van der Waals surface area contributed by atoms with Crippen LogP contribution >= 0.6 is 57.9 Å². The molecule has 0 aliphatic carbocycles. The van der Waals surface area contributed by atoms with Crippen molar-refractivity contribution >= 4 is 63.8 Å². The van der Waals surface area contributed by atoms with Crippen LogP contribution in [0.5, 0.6) is 0 Å². The Hall–Kier alpha value is -2.21. The summed E-state index contributed by atoms with van der Waals surface area (Å²) in [7, 11) is 0. The van der Waals surface area contributed by atoms with Crippen molar-refractivity contribution in [1.29, 1.82) is 0 Å². The van der Waals surface area contributed by atoms with Gasteiger partial charge >= 0.3 is 0 Å². The van der Waals surface area contributed by atoms with Crippen LogP contribution < -0.4 is 5.32 Å². The summed E-state index contributed by atoms with van der Waals surface area (Å²) in [5, 5.41) is 21.5. The van der Waals surface area contributed by atoms with Crippen LogP contribution in [-0.4, -0.2) is 36.9 Å². The molecule has 2 heterocycles. The lowest BCUT2D eigenvalue weighted by atomic mass is 9.91. The number of aliphatic hydroxyl groups excluding tert-OH is 1. The zero-order valence-corrected chi connectivity index (χ0v) is 27.3. The maximum atomic E-state index is 12.0. The fourth-order valence-corrected chi connectivity index (χ4v) is 7.01. The van der Waals surface area contributed by atoms with Gasteiger partial charge in [0.05, 0.1) is 18.8 Å². The van der Waals surface area contributed by atoms with E-state index in [0.717, 1.165) is 42.7 Å². The standard InChI is InChI=1S/C31H30Cl3N3O4S2/c1-18-26(17-42-30-37-36-19(2)43-30)40-28(41-27(18)22-11-9-20(16-38)10-12-22)25-8-4-7-24(14-25)23-6-3-5-21(13-23)15-35-29(39)31(32,33)34/h3-14,18,26-28,38H,15-17H2,1-2H3,(H,35,39). The first-order chi connectivity index (χ1) is 20.6. The molecule has 4 atom stereocenters. The number of aryl methyl sites for hydroxylation is 1. The maximum absolute atomic E-state index is 12.0. The molecular weight excluding hydrogens is 649 g/mol. The Labute approximate surface area is 273 Å². The van der Waals surface area contributed by atoms with Crippen LogP contribution in [0, 0.1) is 12.8 Å². The highest BCUT2D eigenvalue weighted by atomic mass is 35.6. The van der Waals surface area contributed by atoms with E-state index in [0.29, 0.717) is 5.75 Å². The first-order valence-corrected chi connectivity index (χ1v) is 16.5. The van der Waals surface area contributed by atoms with E-state index in [2.05, 4.69) is 28.5 Å². The summed E-state index contributed by atoms with van der Waals surface area (Å²) < 4.78 is 12.1. The smallest absolute Gasteiger partial charge is 0.272 e. The quantitative estimate of drug-likeness (QED) is 0.139. The first-order valence-electron chi connectivity index (χ1n) is 13.6. The molecule has 5 rings (SSSR count). The van der Waals surface area contributed by atoms with Gasteiger partial charge in [0, 0.05) is 23.8 Å². The summed E-state index contributed by atoms with van der Waals surface area (Å²) >= 11 is 20.3. The van der Waals surface area contributed by atoms with E-state index in [9.17, 15) is 9.90 Å². The summed E-state index contributed by atoms with van der Waals surface area (Å²) in [6.07, 6.45) is -0.946. The van der Waals surface area contributed by atoms with E-state index < -0.39 is 16.0 Å². The molecule has 4 unspecified atom stereocenters. The van der Waals surface area contributed by atoms with Crippen LogP contribution in [0.4, 0.5) is 0 Å². The number of rotatable bonds is 9. The molecule has 0 spiro atoms. The fraction of sp³-hybridized carbons (Fsp3) is 0.323. The minimum absolute atomic E-state index is 0.0130. The van der Waals surface area contributed by atoms with Crippen LogP contribution in [0.15, 0.2) is 77.1 Å². The third-order valence-corrected chi connectivity index (χ3v) is 9.71. The highest BCUT2D eigenvalue weighted by Crippen LogP contribution is 2.43. The van der Waals surface area contributed by atoms with E-state index in [1.165, 1.54) is 0 Å². The molecule has 1 fully saturated rings. The van der Waals surface area contributed by atoms with Gasteiger partial charge in [0.1, 0.15) is 5.01 Å². The zero-order chi connectivity index (χ0) is 30.6. The van der Waals surface area contributed by atoms with Crippen LogP contribution in [0.3, 0.4) is 0 Å². The minimum atomic E-state index is -2.02. The molecule has 3 aromatic carbocycles. The summed E-state index contributed by atoms with van der Waals surface area (Å²) in [4.78, 5) is 12.0. The van der Waals surface area contributed by atoms with Crippen LogP contribution in [0.25, 0.3) is 11.1 Å². The Morgan fingerprint density at radius 2 is 1.70 bits per heavy atom. The molecule has 1 aromatic heterocycles. The van der Waals surface area contributed by atoms with Crippen LogP contribution in [-0.2, 0) is 27.4 Å². The van der Waals surface area contributed by atoms with Gasteiger partial charge in [-0.1, -0.05) is 125 Å². The minimum Gasteiger partial charge on any atom is -0.392 e. The van der Waals surface area contributed by atoms with Gasteiger partial charge in [-0.3, -0.25) is 4.79 Å². The summed E-state index contributed by atoms with van der Waals surface area (Å²) in [5.74, 6) is 0.0727. The fourth-order valence-electron chi connectivity index (χ4n) is 4.81. The molecule has 1 amide bonds. The number of aromatic nitrogens is 2. The Balaban J connectivity index is 1.38. The van der Waals surface area contributed by atoms with Crippen molar-refractivity contribution in [3.8, 4) is 11.1 Å². The number of halogens is 3. The molecule has 0 radical (unpaired) electrons. The number of alkyl halides is 3. The summed E-state index contributed by atoms with van der Waals surface area (Å²) in [6, 6.07) is 23.7. The van der Waals surface area contributed by atoms with Gasteiger partial charge in [0.25, 0.3) is 9.70 Å². The second-order valence-corrected chi connectivity index (χ2v) is 15.0. The Morgan fingerprint density at radius 1 is 0.977 bits per heavy atom. The van der Waals surface area contributed by atoms with E-state index in [4.69, 9.17) is 44.3 Å². The van der Waals surface area contributed by atoms with Crippen molar-refractivity contribution in [3.05, 3.63) is 100 Å². The van der Waals surface area contributed by atoms with Crippen molar-refractivity contribution in [2.45, 2.75) is 53.6 Å². The number of thioether (sulfide) groups is 1. The molecular formula is C31H30Cl3N3O4S2. The van der Waals surface area contributed by atoms with Crippen LogP contribution in [0.2, 0.25) is 0 Å². The number of hydrogen-bond acceptors (Lipinski definition) is 8. The zero-order valence-electron chi connectivity index (χ0n) is 23.4. The number of carbonyl (C=O) groups excluding carboxylic acids is 1. The molecule has 4 aromatic rings. The summed E-state index contributed by atoms with van der Waals surface area (Å²) in [6.45, 7) is 4.29. The molecule has 12 heteroatoms. The molecule has 1 aliphatic heterocycles. The predicted octanol–water partition coefficient (Wildman–Crippen LogP) is 7.58. The second-order valence-electron chi connectivity index (χ2n) is 10.2. The second kappa shape index (κ2) is 14.3. The number of aliphatic hydroxyl groups is 1. The van der Waals surface area contributed by atoms with Gasteiger partial charge < -0.3 is 19.9 Å². The van der Waals surface area contributed by atoms with Gasteiger partial charge in [-0.15, -0.1) is 10.2 Å². The lowest BCUT2D eigenvalue weighted by molar-refractivity contribution is -0.268. The van der Waals surface area contributed by atoms with Gasteiger partial charge in [-0.25, -0.2) is 0 Å². The number of benzene rings is 3. The van der Waals surface area contributed by atoms with Gasteiger partial charge in [0.15, 0.2) is 10.6 Å². The Kier molecular flexibility index (Phi) is 10.7. The maximum Gasteiger partial charge on any atom is 0.272 e. The normalized spacial score (nSPS) is 20.6. The predicted molar refractivity (Wildman–Crippen MR) is 172 cm³/mol.